The minimum absolute atomic E-state index is 0.842. The van der Waals surface area contributed by atoms with Gasteiger partial charge in [-0.25, -0.2) is 4.99 Å². The first-order valence-electron chi connectivity index (χ1n) is 7.81. The van der Waals surface area contributed by atoms with Crippen LogP contribution in [0.1, 0.15) is 11.3 Å². The van der Waals surface area contributed by atoms with Crippen molar-refractivity contribution in [2.24, 2.45) is 4.99 Å². The number of para-hydroxylation sites is 1. The van der Waals surface area contributed by atoms with E-state index >= 15 is 0 Å². The molecular formula is C21H15N3. The number of aromatic nitrogens is 2. The van der Waals surface area contributed by atoms with Crippen molar-refractivity contribution in [2.75, 3.05) is 0 Å². The third-order valence-corrected chi connectivity index (χ3v) is 3.80. The van der Waals surface area contributed by atoms with Crippen LogP contribution in [-0.2, 0) is 0 Å². The average molecular weight is 309 g/mol. The third kappa shape index (κ3) is 2.79. The van der Waals surface area contributed by atoms with Crippen LogP contribution < -0.4 is 0 Å². The summed E-state index contributed by atoms with van der Waals surface area (Å²) in [4.78, 5) is 13.9. The summed E-state index contributed by atoms with van der Waals surface area (Å²) in [5.74, 6) is 0. The SMILES string of the molecule is c1ccc(/C(=N\c2cccc3cccnc23)c2ccccn2)cc1. The van der Waals surface area contributed by atoms with Crippen LogP contribution in [0.2, 0.25) is 0 Å². The number of hydrogen-bond acceptors (Lipinski definition) is 3. The summed E-state index contributed by atoms with van der Waals surface area (Å²) >= 11 is 0. The molecule has 0 aliphatic carbocycles. The Morgan fingerprint density at radius 3 is 2.29 bits per heavy atom. The molecule has 0 fully saturated rings. The van der Waals surface area contributed by atoms with Gasteiger partial charge in [0.2, 0.25) is 0 Å². The Morgan fingerprint density at radius 2 is 1.46 bits per heavy atom. The zero-order valence-corrected chi connectivity index (χ0v) is 13.0. The van der Waals surface area contributed by atoms with Crippen LogP contribution in [0.4, 0.5) is 5.69 Å². The van der Waals surface area contributed by atoms with Crippen LogP contribution in [-0.4, -0.2) is 15.7 Å². The van der Waals surface area contributed by atoms with Crippen molar-refractivity contribution in [2.45, 2.75) is 0 Å². The molecule has 4 aromatic rings. The molecule has 2 aromatic heterocycles. The summed E-state index contributed by atoms with van der Waals surface area (Å²) in [5, 5.41) is 1.08. The van der Waals surface area contributed by atoms with E-state index < -0.39 is 0 Å². The van der Waals surface area contributed by atoms with Crippen molar-refractivity contribution in [1.29, 1.82) is 0 Å². The fourth-order valence-corrected chi connectivity index (χ4v) is 2.67. The lowest BCUT2D eigenvalue weighted by molar-refractivity contribution is 1.28. The second-order valence-electron chi connectivity index (χ2n) is 5.39. The summed E-state index contributed by atoms with van der Waals surface area (Å²) in [6.45, 7) is 0. The molecule has 0 radical (unpaired) electrons. The van der Waals surface area contributed by atoms with Gasteiger partial charge >= 0.3 is 0 Å². The van der Waals surface area contributed by atoms with Gasteiger partial charge in [0, 0.05) is 23.3 Å². The molecule has 3 nitrogen and oxygen atoms in total. The molecule has 0 bridgehead atoms. The zero-order chi connectivity index (χ0) is 16.2. The highest BCUT2D eigenvalue weighted by Crippen LogP contribution is 2.25. The molecule has 0 unspecified atom stereocenters. The van der Waals surface area contributed by atoms with Crippen LogP contribution in [0.5, 0.6) is 0 Å². The number of pyridine rings is 2. The van der Waals surface area contributed by atoms with E-state index in [4.69, 9.17) is 4.99 Å². The molecule has 2 aromatic carbocycles. The largest absolute Gasteiger partial charge is 0.255 e. The Morgan fingerprint density at radius 1 is 0.667 bits per heavy atom. The molecule has 0 saturated carbocycles. The van der Waals surface area contributed by atoms with Gasteiger partial charge in [-0.05, 0) is 24.3 Å². The second kappa shape index (κ2) is 6.42. The van der Waals surface area contributed by atoms with Crippen molar-refractivity contribution >= 4 is 22.3 Å². The van der Waals surface area contributed by atoms with Gasteiger partial charge in [-0.2, -0.15) is 0 Å². The van der Waals surface area contributed by atoms with E-state index in [1.807, 2.05) is 78.9 Å². The number of rotatable bonds is 3. The second-order valence-corrected chi connectivity index (χ2v) is 5.39. The van der Waals surface area contributed by atoms with Crippen LogP contribution in [0.3, 0.4) is 0 Å². The van der Waals surface area contributed by atoms with Crippen molar-refractivity contribution in [1.82, 2.24) is 9.97 Å². The molecule has 0 saturated heterocycles. The Bertz CT molecular complexity index is 946. The smallest absolute Gasteiger partial charge is 0.0966 e. The van der Waals surface area contributed by atoms with Gasteiger partial charge in [-0.15, -0.1) is 0 Å². The third-order valence-electron chi connectivity index (χ3n) is 3.80. The minimum atomic E-state index is 0.842. The van der Waals surface area contributed by atoms with E-state index in [0.29, 0.717) is 0 Å². The summed E-state index contributed by atoms with van der Waals surface area (Å²) in [7, 11) is 0. The van der Waals surface area contributed by atoms with E-state index in [-0.39, 0.29) is 0 Å². The molecule has 0 atom stereocenters. The topological polar surface area (TPSA) is 38.1 Å². The molecule has 114 valence electrons. The van der Waals surface area contributed by atoms with Crippen molar-refractivity contribution in [3.05, 3.63) is 103 Å². The number of fused-ring (bicyclic) bond motifs is 1. The first kappa shape index (κ1) is 14.3. The van der Waals surface area contributed by atoms with Crippen LogP contribution in [0, 0.1) is 0 Å². The van der Waals surface area contributed by atoms with E-state index in [0.717, 1.165) is 33.6 Å². The minimum Gasteiger partial charge on any atom is -0.255 e. The van der Waals surface area contributed by atoms with E-state index in [1.165, 1.54) is 0 Å². The fourth-order valence-electron chi connectivity index (χ4n) is 2.67. The Labute approximate surface area is 140 Å². The molecule has 2 heterocycles. The predicted octanol–water partition coefficient (Wildman–Crippen LogP) is 4.80. The van der Waals surface area contributed by atoms with Crippen LogP contribution in [0.25, 0.3) is 10.9 Å². The number of hydrogen-bond donors (Lipinski definition) is 0. The van der Waals surface area contributed by atoms with Crippen LogP contribution in [0.15, 0.2) is 96.2 Å². The molecule has 0 N–H and O–H groups in total. The maximum absolute atomic E-state index is 4.92. The Balaban J connectivity index is 1.95. The standard InChI is InChI=1S/C21H15N3/c1-2-8-17(9-3-1)21(18-12-4-5-14-22-18)24-19-13-6-10-16-11-7-15-23-20(16)19/h1-15H/b24-21+. The first-order valence-corrected chi connectivity index (χ1v) is 7.81. The molecule has 0 amide bonds. The average Bonchev–Trinajstić information content (AvgIpc) is 2.67. The first-order chi connectivity index (χ1) is 11.9. The number of benzene rings is 2. The highest BCUT2D eigenvalue weighted by atomic mass is 14.8. The van der Waals surface area contributed by atoms with Crippen molar-refractivity contribution < 1.29 is 0 Å². The van der Waals surface area contributed by atoms with Crippen molar-refractivity contribution in [3.8, 4) is 0 Å². The number of nitrogens with zero attached hydrogens (tertiary/aromatic N) is 3. The Kier molecular flexibility index (Phi) is 3.82. The maximum Gasteiger partial charge on any atom is 0.0966 e. The number of aliphatic imine (C=N–C) groups is 1. The molecule has 0 aliphatic heterocycles. The summed E-state index contributed by atoms with van der Waals surface area (Å²) < 4.78 is 0. The monoisotopic (exact) mass is 309 g/mol. The quantitative estimate of drug-likeness (QED) is 0.510. The summed E-state index contributed by atoms with van der Waals surface area (Å²) in [5.41, 5.74) is 4.46. The highest BCUT2D eigenvalue weighted by Gasteiger charge is 2.09. The van der Waals surface area contributed by atoms with Gasteiger partial charge < -0.3 is 0 Å². The van der Waals surface area contributed by atoms with Crippen LogP contribution >= 0.6 is 0 Å². The Hall–Kier alpha value is -3.33. The van der Waals surface area contributed by atoms with E-state index in [2.05, 4.69) is 9.97 Å². The molecule has 3 heteroatoms. The lowest BCUT2D eigenvalue weighted by Crippen LogP contribution is -2.05. The molecule has 24 heavy (non-hydrogen) atoms. The van der Waals surface area contributed by atoms with Gasteiger partial charge in [0.15, 0.2) is 0 Å². The van der Waals surface area contributed by atoms with Gasteiger partial charge in [-0.3, -0.25) is 9.97 Å². The normalized spacial score (nSPS) is 11.6. The fraction of sp³-hybridized carbons (Fsp3) is 0. The maximum atomic E-state index is 4.92. The lowest BCUT2D eigenvalue weighted by atomic mass is 10.1. The summed E-state index contributed by atoms with van der Waals surface area (Å²) in [6.07, 6.45) is 3.58. The predicted molar refractivity (Wildman–Crippen MR) is 97.7 cm³/mol. The summed E-state index contributed by atoms with van der Waals surface area (Å²) in [6, 6.07) is 26.0. The van der Waals surface area contributed by atoms with E-state index in [1.54, 1.807) is 12.4 Å². The lowest BCUT2D eigenvalue weighted by Gasteiger charge is -2.08. The van der Waals surface area contributed by atoms with Crippen molar-refractivity contribution in [3.63, 3.8) is 0 Å². The molecule has 0 aliphatic rings. The van der Waals surface area contributed by atoms with Gasteiger partial charge in [-0.1, -0.05) is 54.6 Å². The van der Waals surface area contributed by atoms with Gasteiger partial charge in [0.05, 0.1) is 22.6 Å². The van der Waals surface area contributed by atoms with Gasteiger partial charge in [0.25, 0.3) is 0 Å². The zero-order valence-electron chi connectivity index (χ0n) is 13.0. The molecule has 4 rings (SSSR count). The van der Waals surface area contributed by atoms with E-state index in [9.17, 15) is 0 Å². The van der Waals surface area contributed by atoms with Gasteiger partial charge in [0.1, 0.15) is 0 Å². The molecular weight excluding hydrogens is 294 g/mol. The molecule has 0 spiro atoms. The highest BCUT2D eigenvalue weighted by molar-refractivity contribution is 6.13.